The fourth-order valence-corrected chi connectivity index (χ4v) is 9.52. The van der Waals surface area contributed by atoms with Crippen LogP contribution >= 0.6 is 0 Å². The summed E-state index contributed by atoms with van der Waals surface area (Å²) in [5.41, 5.74) is 0.153. The van der Waals surface area contributed by atoms with Crippen LogP contribution in [0.3, 0.4) is 0 Å². The van der Waals surface area contributed by atoms with Crippen molar-refractivity contribution in [3.8, 4) is 0 Å². The summed E-state index contributed by atoms with van der Waals surface area (Å²) >= 11 is 0. The standard InChI is InChI=1S/C56H96N2O21/c1-44(2)50(61)76-34-32-74-48(59)36-46-10-9-11-55(7,39-46)42-57-52(63)78-30-28-72-26-24-70-22-20-68-18-16-66-14-12-65-13-15-67-17-19-69-21-23-71-25-27-73-29-31-79-53(64)58-43-56(8)40-47(38-54(5,6)41-56)37-49(60)75-33-35-77-51(62)45(3)4/h46-47H,1,3,9-43H2,2,4-8H3,(H,57,63)(H,58,64). The summed E-state index contributed by atoms with van der Waals surface area (Å²) in [6.07, 6.45) is 5.53. The van der Waals surface area contributed by atoms with Crippen LogP contribution in [-0.4, -0.2) is 208 Å². The normalized spacial score (nSPS) is 19.6. The van der Waals surface area contributed by atoms with Crippen molar-refractivity contribution in [2.75, 3.05) is 172 Å². The van der Waals surface area contributed by atoms with Gasteiger partial charge < -0.3 is 81.7 Å². The van der Waals surface area contributed by atoms with Crippen LogP contribution in [0.15, 0.2) is 24.3 Å². The van der Waals surface area contributed by atoms with Crippen LogP contribution in [0.5, 0.6) is 0 Å². The lowest BCUT2D eigenvalue weighted by Crippen LogP contribution is -2.44. The minimum atomic E-state index is -0.520. The maximum atomic E-state index is 12.5. The van der Waals surface area contributed by atoms with Gasteiger partial charge in [-0.1, -0.05) is 47.3 Å². The molecule has 79 heavy (non-hydrogen) atoms. The van der Waals surface area contributed by atoms with E-state index in [4.69, 9.17) is 71.1 Å². The number of rotatable bonds is 46. The van der Waals surface area contributed by atoms with Crippen LogP contribution in [0.1, 0.15) is 99.3 Å². The summed E-state index contributed by atoms with van der Waals surface area (Å²) < 4.78 is 80.6. The van der Waals surface area contributed by atoms with Crippen LogP contribution in [0, 0.1) is 28.1 Å². The maximum Gasteiger partial charge on any atom is 0.407 e. The topological polar surface area (TPSA) is 265 Å². The molecular weight excluding hydrogens is 1040 g/mol. The summed E-state index contributed by atoms with van der Waals surface area (Å²) in [6, 6.07) is 0. The molecule has 0 spiro atoms. The Kier molecular flexibility index (Phi) is 37.9. The van der Waals surface area contributed by atoms with E-state index in [2.05, 4.69) is 51.5 Å². The predicted octanol–water partition coefficient (Wildman–Crippen LogP) is 5.72. The molecule has 2 fully saturated rings. The monoisotopic (exact) mass is 1130 g/mol. The van der Waals surface area contributed by atoms with Crippen LogP contribution in [-0.2, 0) is 90.2 Å². The molecule has 2 N–H and O–H groups in total. The van der Waals surface area contributed by atoms with Crippen molar-refractivity contribution < 1.29 is 99.8 Å². The van der Waals surface area contributed by atoms with E-state index in [1.165, 1.54) is 0 Å². The fourth-order valence-electron chi connectivity index (χ4n) is 9.52. The largest absolute Gasteiger partial charge is 0.462 e. The van der Waals surface area contributed by atoms with Gasteiger partial charge in [-0.25, -0.2) is 19.2 Å². The molecule has 0 saturated heterocycles. The molecule has 2 rings (SSSR count). The Balaban J connectivity index is 1.28. The zero-order chi connectivity index (χ0) is 58.0. The predicted molar refractivity (Wildman–Crippen MR) is 288 cm³/mol. The van der Waals surface area contributed by atoms with Crippen molar-refractivity contribution in [1.29, 1.82) is 0 Å². The van der Waals surface area contributed by atoms with Crippen molar-refractivity contribution in [2.24, 2.45) is 28.1 Å². The summed E-state index contributed by atoms with van der Waals surface area (Å²) in [7, 11) is 0. The van der Waals surface area contributed by atoms with E-state index in [-0.39, 0.29) is 117 Å². The highest BCUT2D eigenvalue weighted by atomic mass is 16.6. The fraction of sp³-hybridized carbons (Fsp3) is 0.821. The molecule has 2 amide bonds. The highest BCUT2D eigenvalue weighted by Gasteiger charge is 2.42. The smallest absolute Gasteiger partial charge is 0.407 e. The van der Waals surface area contributed by atoms with Gasteiger partial charge in [-0.3, -0.25) is 9.59 Å². The van der Waals surface area contributed by atoms with Gasteiger partial charge >= 0.3 is 36.1 Å². The zero-order valence-corrected chi connectivity index (χ0v) is 48.4. The molecule has 4 unspecified atom stereocenters. The number of alkyl carbamates (subject to hydrolysis) is 2. The number of ether oxygens (including phenoxy) is 15. The third kappa shape index (κ3) is 38.0. The maximum absolute atomic E-state index is 12.5. The summed E-state index contributed by atoms with van der Waals surface area (Å²) in [5, 5.41) is 5.73. The second kappa shape index (κ2) is 42.4. The third-order valence-corrected chi connectivity index (χ3v) is 12.7. The van der Waals surface area contributed by atoms with Gasteiger partial charge in [0.1, 0.15) is 39.6 Å². The van der Waals surface area contributed by atoms with E-state index >= 15 is 0 Å². The molecule has 0 aromatic heterocycles. The first kappa shape index (κ1) is 70.6. The second-order valence-electron chi connectivity index (χ2n) is 21.4. The number of amides is 2. The molecule has 4 atom stereocenters. The molecule has 0 bridgehead atoms. The Hall–Kier alpha value is -4.46. The van der Waals surface area contributed by atoms with Gasteiger partial charge in [-0.15, -0.1) is 0 Å². The van der Waals surface area contributed by atoms with Gasteiger partial charge in [0.2, 0.25) is 0 Å². The molecule has 0 heterocycles. The highest BCUT2D eigenvalue weighted by Crippen LogP contribution is 2.49. The van der Waals surface area contributed by atoms with Crippen molar-refractivity contribution in [3.63, 3.8) is 0 Å². The Morgan fingerprint density at radius 3 is 1.08 bits per heavy atom. The van der Waals surface area contributed by atoms with Crippen molar-refractivity contribution in [3.05, 3.63) is 24.3 Å². The molecule has 456 valence electrons. The summed E-state index contributed by atoms with van der Waals surface area (Å²) in [6.45, 7) is 26.8. The Bertz CT molecular complexity index is 1770. The summed E-state index contributed by atoms with van der Waals surface area (Å²) in [5.74, 6) is -1.47. The van der Waals surface area contributed by atoms with Crippen LogP contribution in [0.4, 0.5) is 9.59 Å². The van der Waals surface area contributed by atoms with E-state index in [0.29, 0.717) is 119 Å². The molecule has 2 saturated carbocycles. The molecule has 2 aliphatic carbocycles. The van der Waals surface area contributed by atoms with E-state index < -0.39 is 24.1 Å². The van der Waals surface area contributed by atoms with E-state index in [1.54, 1.807) is 13.8 Å². The van der Waals surface area contributed by atoms with Gasteiger partial charge in [0, 0.05) is 37.1 Å². The first-order valence-corrected chi connectivity index (χ1v) is 27.8. The van der Waals surface area contributed by atoms with E-state index in [1.807, 2.05) is 0 Å². The summed E-state index contributed by atoms with van der Waals surface area (Å²) in [4.78, 5) is 72.4. The van der Waals surface area contributed by atoms with Gasteiger partial charge in [0.25, 0.3) is 0 Å². The lowest BCUT2D eigenvalue weighted by Gasteiger charge is -2.46. The lowest BCUT2D eigenvalue weighted by atomic mass is 9.60. The number of hydrogen-bond donors (Lipinski definition) is 2. The molecule has 23 nitrogen and oxygen atoms in total. The van der Waals surface area contributed by atoms with Crippen LogP contribution < -0.4 is 10.6 Å². The van der Waals surface area contributed by atoms with Crippen LogP contribution in [0.25, 0.3) is 0 Å². The minimum absolute atomic E-state index is 0.00311. The SMILES string of the molecule is C=C(C)C(=O)OCCOC(=O)CC1CCCC(C)(CNC(=O)OCCOCCOCCOCCOCCOCCOCCOCCOCCOCCOC(=O)NCC2(C)CC(CC(=O)OCCOC(=O)C(=C)C)CC(C)(C)C2)C1. The molecule has 0 radical (unpaired) electrons. The van der Waals surface area contributed by atoms with Gasteiger partial charge in [-0.05, 0) is 80.5 Å². The quantitative estimate of drug-likeness (QED) is 0.0319. The minimum Gasteiger partial charge on any atom is -0.462 e. The Morgan fingerprint density at radius 2 is 0.709 bits per heavy atom. The number of nitrogens with one attached hydrogen (secondary N) is 2. The van der Waals surface area contributed by atoms with Crippen molar-refractivity contribution >= 4 is 36.1 Å². The third-order valence-electron chi connectivity index (χ3n) is 12.7. The van der Waals surface area contributed by atoms with Gasteiger partial charge in [0.15, 0.2) is 0 Å². The molecule has 23 heteroatoms. The average Bonchev–Trinajstić information content (AvgIpc) is 3.39. The van der Waals surface area contributed by atoms with Crippen molar-refractivity contribution in [1.82, 2.24) is 10.6 Å². The number of carbonyl (C=O) groups is 6. The highest BCUT2D eigenvalue weighted by molar-refractivity contribution is 5.87. The Labute approximate surface area is 468 Å². The second-order valence-corrected chi connectivity index (χ2v) is 21.4. The first-order chi connectivity index (χ1) is 37.8. The lowest BCUT2D eigenvalue weighted by molar-refractivity contribution is -0.151. The zero-order valence-electron chi connectivity index (χ0n) is 48.4. The molecule has 0 aromatic carbocycles. The molecule has 2 aliphatic rings. The van der Waals surface area contributed by atoms with Gasteiger partial charge in [0.05, 0.1) is 119 Å². The number of esters is 4. The average molecular weight is 1130 g/mol. The van der Waals surface area contributed by atoms with Crippen LogP contribution in [0.2, 0.25) is 0 Å². The van der Waals surface area contributed by atoms with Crippen molar-refractivity contribution in [2.45, 2.75) is 99.3 Å². The van der Waals surface area contributed by atoms with E-state index in [9.17, 15) is 28.8 Å². The number of carbonyl (C=O) groups excluding carboxylic acids is 6. The van der Waals surface area contributed by atoms with E-state index in [0.717, 1.165) is 44.9 Å². The van der Waals surface area contributed by atoms with Gasteiger partial charge in [-0.2, -0.15) is 0 Å². The molecular formula is C56H96N2O21. The number of hydrogen-bond acceptors (Lipinski definition) is 21. The molecule has 0 aromatic rings. The first-order valence-electron chi connectivity index (χ1n) is 27.8. The Morgan fingerprint density at radius 1 is 0.405 bits per heavy atom. The molecule has 0 aliphatic heterocycles.